The zero-order chi connectivity index (χ0) is 13.5. The van der Waals surface area contributed by atoms with Gasteiger partial charge in [-0.05, 0) is 70.1 Å². The van der Waals surface area contributed by atoms with Crippen LogP contribution in [0.15, 0.2) is 24.3 Å². The molecule has 1 aliphatic heterocycles. The molecule has 106 valence electrons. The van der Waals surface area contributed by atoms with Crippen LogP contribution < -0.4 is 10.1 Å². The largest absolute Gasteiger partial charge is 0.497 e. The Morgan fingerprint density at radius 3 is 2.53 bits per heavy atom. The van der Waals surface area contributed by atoms with E-state index < -0.39 is 0 Å². The first-order chi connectivity index (χ1) is 9.29. The third kappa shape index (κ3) is 4.51. The fourth-order valence-corrected chi connectivity index (χ4v) is 2.64. The van der Waals surface area contributed by atoms with Gasteiger partial charge >= 0.3 is 0 Å². The molecule has 1 fully saturated rings. The van der Waals surface area contributed by atoms with E-state index in [1.54, 1.807) is 7.11 Å². The van der Waals surface area contributed by atoms with Gasteiger partial charge in [0.2, 0.25) is 0 Å². The van der Waals surface area contributed by atoms with Gasteiger partial charge in [0.1, 0.15) is 5.75 Å². The van der Waals surface area contributed by atoms with Crippen LogP contribution in [0.5, 0.6) is 5.75 Å². The summed E-state index contributed by atoms with van der Waals surface area (Å²) in [4.78, 5) is 2.57. The molecule has 1 aromatic rings. The first-order valence-corrected chi connectivity index (χ1v) is 7.39. The number of ether oxygens (including phenoxy) is 1. The summed E-state index contributed by atoms with van der Waals surface area (Å²) in [6, 6.07) is 8.73. The molecule has 0 aromatic heterocycles. The molecule has 1 aromatic carbocycles. The van der Waals surface area contributed by atoms with Gasteiger partial charge < -0.3 is 15.0 Å². The van der Waals surface area contributed by atoms with E-state index in [0.717, 1.165) is 12.3 Å². The van der Waals surface area contributed by atoms with E-state index >= 15 is 0 Å². The standard InChI is InChI=1S/C16H26N2O/c1-14(15-6-8-16(19-2)9-7-15)17-10-5-13-18-11-3-4-12-18/h6-9,14,17H,3-5,10-13H2,1-2H3/t14-/m0/s1. The predicted octanol–water partition coefficient (Wildman–Crippen LogP) is 2.83. The second-order valence-electron chi connectivity index (χ2n) is 5.35. The second-order valence-corrected chi connectivity index (χ2v) is 5.35. The first-order valence-electron chi connectivity index (χ1n) is 7.39. The molecular weight excluding hydrogens is 236 g/mol. The Kier molecular flexibility index (Phi) is 5.67. The van der Waals surface area contributed by atoms with Crippen molar-refractivity contribution in [2.24, 2.45) is 0 Å². The third-order valence-corrected chi connectivity index (χ3v) is 3.92. The molecule has 1 saturated heterocycles. The average Bonchev–Trinajstić information content (AvgIpc) is 2.96. The van der Waals surface area contributed by atoms with Gasteiger partial charge in [-0.1, -0.05) is 12.1 Å². The molecule has 1 aliphatic rings. The molecule has 1 N–H and O–H groups in total. The SMILES string of the molecule is COc1ccc([C@H](C)NCCCN2CCCC2)cc1. The Balaban J connectivity index is 1.66. The predicted molar refractivity (Wildman–Crippen MR) is 79.7 cm³/mol. The van der Waals surface area contributed by atoms with Crippen LogP contribution in [-0.4, -0.2) is 38.2 Å². The molecule has 0 bridgehead atoms. The Morgan fingerprint density at radius 1 is 1.21 bits per heavy atom. The second kappa shape index (κ2) is 7.51. The molecule has 0 saturated carbocycles. The number of benzene rings is 1. The Bertz CT molecular complexity index is 358. The molecule has 2 rings (SSSR count). The smallest absolute Gasteiger partial charge is 0.118 e. The number of likely N-dealkylation sites (tertiary alicyclic amines) is 1. The first kappa shape index (κ1) is 14.4. The molecule has 0 radical (unpaired) electrons. The van der Waals surface area contributed by atoms with Crippen LogP contribution in [0.1, 0.15) is 37.8 Å². The lowest BCUT2D eigenvalue weighted by molar-refractivity contribution is 0.328. The van der Waals surface area contributed by atoms with Crippen LogP contribution in [0.2, 0.25) is 0 Å². The third-order valence-electron chi connectivity index (χ3n) is 3.92. The van der Waals surface area contributed by atoms with Crippen molar-refractivity contribution in [1.29, 1.82) is 0 Å². The van der Waals surface area contributed by atoms with Crippen LogP contribution in [0.3, 0.4) is 0 Å². The molecule has 19 heavy (non-hydrogen) atoms. The minimum Gasteiger partial charge on any atom is -0.497 e. The summed E-state index contributed by atoms with van der Waals surface area (Å²) in [6.45, 7) is 7.14. The monoisotopic (exact) mass is 262 g/mol. The molecule has 1 heterocycles. The van der Waals surface area contributed by atoms with E-state index in [0.29, 0.717) is 6.04 Å². The number of methoxy groups -OCH3 is 1. The molecule has 0 unspecified atom stereocenters. The van der Waals surface area contributed by atoms with Crippen molar-refractivity contribution in [3.8, 4) is 5.75 Å². The summed E-state index contributed by atoms with van der Waals surface area (Å²) in [6.07, 6.45) is 4.01. The van der Waals surface area contributed by atoms with Gasteiger partial charge in [-0.25, -0.2) is 0 Å². The zero-order valence-corrected chi connectivity index (χ0v) is 12.2. The topological polar surface area (TPSA) is 24.5 Å². The van der Waals surface area contributed by atoms with Crippen molar-refractivity contribution >= 4 is 0 Å². The van der Waals surface area contributed by atoms with Gasteiger partial charge in [0.05, 0.1) is 7.11 Å². The van der Waals surface area contributed by atoms with Gasteiger partial charge in [0, 0.05) is 6.04 Å². The molecule has 0 amide bonds. The maximum absolute atomic E-state index is 5.18. The van der Waals surface area contributed by atoms with Crippen molar-refractivity contribution in [1.82, 2.24) is 10.2 Å². The van der Waals surface area contributed by atoms with Crippen molar-refractivity contribution < 1.29 is 4.74 Å². The van der Waals surface area contributed by atoms with Crippen molar-refractivity contribution in [3.05, 3.63) is 29.8 Å². The molecule has 0 aliphatic carbocycles. The van der Waals surface area contributed by atoms with Gasteiger partial charge in [0.15, 0.2) is 0 Å². The summed E-state index contributed by atoms with van der Waals surface area (Å²) in [5, 5.41) is 3.59. The minimum absolute atomic E-state index is 0.407. The summed E-state index contributed by atoms with van der Waals surface area (Å²) < 4.78 is 5.18. The van der Waals surface area contributed by atoms with E-state index in [1.807, 2.05) is 12.1 Å². The number of nitrogens with zero attached hydrogens (tertiary/aromatic N) is 1. The van der Waals surface area contributed by atoms with Crippen LogP contribution >= 0.6 is 0 Å². The van der Waals surface area contributed by atoms with E-state index in [2.05, 4.69) is 29.3 Å². The maximum atomic E-state index is 5.18. The van der Waals surface area contributed by atoms with E-state index in [4.69, 9.17) is 4.74 Å². The van der Waals surface area contributed by atoms with Gasteiger partial charge in [-0.2, -0.15) is 0 Å². The van der Waals surface area contributed by atoms with Gasteiger partial charge in [-0.15, -0.1) is 0 Å². The van der Waals surface area contributed by atoms with Crippen LogP contribution in [0.25, 0.3) is 0 Å². The van der Waals surface area contributed by atoms with Crippen LogP contribution in [0.4, 0.5) is 0 Å². The molecule has 3 heteroatoms. The van der Waals surface area contributed by atoms with E-state index in [-0.39, 0.29) is 0 Å². The summed E-state index contributed by atoms with van der Waals surface area (Å²) in [5.41, 5.74) is 1.32. The summed E-state index contributed by atoms with van der Waals surface area (Å²) in [7, 11) is 1.70. The number of nitrogens with one attached hydrogen (secondary N) is 1. The number of rotatable bonds is 7. The molecular formula is C16H26N2O. The highest BCUT2D eigenvalue weighted by Gasteiger charge is 2.10. The Labute approximate surface area is 116 Å². The van der Waals surface area contributed by atoms with Crippen molar-refractivity contribution in [3.63, 3.8) is 0 Å². The van der Waals surface area contributed by atoms with Crippen molar-refractivity contribution in [2.45, 2.75) is 32.2 Å². The lowest BCUT2D eigenvalue weighted by Gasteiger charge is -2.17. The number of hydrogen-bond donors (Lipinski definition) is 1. The molecule has 0 spiro atoms. The van der Waals surface area contributed by atoms with Crippen LogP contribution in [-0.2, 0) is 0 Å². The Morgan fingerprint density at radius 2 is 1.89 bits per heavy atom. The quantitative estimate of drug-likeness (QED) is 0.765. The highest BCUT2D eigenvalue weighted by Crippen LogP contribution is 2.17. The lowest BCUT2D eigenvalue weighted by atomic mass is 10.1. The highest BCUT2D eigenvalue weighted by atomic mass is 16.5. The highest BCUT2D eigenvalue weighted by molar-refractivity contribution is 5.28. The lowest BCUT2D eigenvalue weighted by Crippen LogP contribution is -2.26. The minimum atomic E-state index is 0.407. The molecule has 3 nitrogen and oxygen atoms in total. The van der Waals surface area contributed by atoms with Crippen molar-refractivity contribution in [2.75, 3.05) is 33.3 Å². The van der Waals surface area contributed by atoms with Gasteiger partial charge in [0.25, 0.3) is 0 Å². The average molecular weight is 262 g/mol. The van der Waals surface area contributed by atoms with E-state index in [1.165, 1.54) is 44.5 Å². The molecule has 1 atom stereocenters. The summed E-state index contributed by atoms with van der Waals surface area (Å²) in [5.74, 6) is 0.921. The van der Waals surface area contributed by atoms with Crippen LogP contribution in [0, 0.1) is 0 Å². The maximum Gasteiger partial charge on any atom is 0.118 e. The summed E-state index contributed by atoms with van der Waals surface area (Å²) >= 11 is 0. The zero-order valence-electron chi connectivity index (χ0n) is 12.2. The fraction of sp³-hybridized carbons (Fsp3) is 0.625. The normalized spacial score (nSPS) is 17.6. The van der Waals surface area contributed by atoms with Gasteiger partial charge in [-0.3, -0.25) is 0 Å². The van der Waals surface area contributed by atoms with E-state index in [9.17, 15) is 0 Å². The fourth-order valence-electron chi connectivity index (χ4n) is 2.64. The number of hydrogen-bond acceptors (Lipinski definition) is 3. The Hall–Kier alpha value is -1.06.